The average Bonchev–Trinajstić information content (AvgIpc) is 2.75. The van der Waals surface area contributed by atoms with Crippen LogP contribution in [0.1, 0.15) is 5.56 Å². The van der Waals surface area contributed by atoms with Crippen LogP contribution < -0.4 is 16.0 Å². The monoisotopic (exact) mass is 220 g/mol. The normalized spacial score (nSPS) is 16.4. The van der Waals surface area contributed by atoms with Gasteiger partial charge in [-0.1, -0.05) is 5.16 Å². The lowest BCUT2D eigenvalue weighted by atomic mass is 10.2. The quantitative estimate of drug-likeness (QED) is 0.290. The van der Waals surface area contributed by atoms with Gasteiger partial charge in [0.25, 0.3) is 0 Å². The number of carbonyl (C=O) groups is 1. The van der Waals surface area contributed by atoms with E-state index in [0.717, 1.165) is 5.69 Å². The van der Waals surface area contributed by atoms with Gasteiger partial charge in [-0.05, 0) is 24.3 Å². The van der Waals surface area contributed by atoms with E-state index in [-0.39, 0.29) is 11.9 Å². The number of benzene rings is 1. The number of hydrogen-bond acceptors (Lipinski definition) is 3. The number of oxime groups is 1. The maximum atomic E-state index is 11.4. The van der Waals surface area contributed by atoms with E-state index in [4.69, 9.17) is 10.9 Å². The van der Waals surface area contributed by atoms with Gasteiger partial charge in [-0.3, -0.25) is 4.90 Å². The highest BCUT2D eigenvalue weighted by atomic mass is 16.4. The third kappa shape index (κ3) is 1.77. The van der Waals surface area contributed by atoms with Gasteiger partial charge in [-0.15, -0.1) is 0 Å². The lowest BCUT2D eigenvalue weighted by Gasteiger charge is -2.14. The Labute approximate surface area is 92.3 Å². The number of nitrogens with two attached hydrogens (primary N) is 1. The van der Waals surface area contributed by atoms with Crippen molar-refractivity contribution in [3.8, 4) is 0 Å². The molecule has 2 amide bonds. The Balaban J connectivity index is 2.22. The van der Waals surface area contributed by atoms with Gasteiger partial charge in [0, 0.05) is 24.3 Å². The van der Waals surface area contributed by atoms with Crippen molar-refractivity contribution in [2.24, 2.45) is 10.9 Å². The Morgan fingerprint density at radius 2 is 2.12 bits per heavy atom. The van der Waals surface area contributed by atoms with Gasteiger partial charge in [-0.25, -0.2) is 4.79 Å². The fourth-order valence-electron chi connectivity index (χ4n) is 1.59. The van der Waals surface area contributed by atoms with Gasteiger partial charge in [0.05, 0.1) is 0 Å². The number of rotatable bonds is 2. The number of nitrogens with one attached hydrogen (secondary N) is 1. The highest BCUT2D eigenvalue weighted by Gasteiger charge is 2.20. The van der Waals surface area contributed by atoms with E-state index in [1.807, 2.05) is 0 Å². The minimum absolute atomic E-state index is 0.0532. The molecule has 0 radical (unpaired) electrons. The molecule has 0 aliphatic carbocycles. The molecule has 84 valence electrons. The molecule has 0 saturated carbocycles. The standard InChI is InChI=1S/C10H12N4O2/c11-9(13-16)7-1-3-8(4-2-7)14-6-5-12-10(14)15/h1-4,16H,5-6H2,(H2,11,13)(H,12,15). The second-order valence-electron chi connectivity index (χ2n) is 3.42. The third-order valence-corrected chi connectivity index (χ3v) is 2.44. The molecule has 1 fully saturated rings. The molecule has 4 N–H and O–H groups in total. The molecule has 16 heavy (non-hydrogen) atoms. The van der Waals surface area contributed by atoms with Crippen molar-refractivity contribution in [3.05, 3.63) is 29.8 Å². The number of anilines is 1. The SMILES string of the molecule is N/C(=N\O)c1ccc(N2CCNC2=O)cc1. The highest BCUT2D eigenvalue weighted by molar-refractivity contribution is 5.98. The van der Waals surface area contributed by atoms with Crippen LogP contribution in [-0.4, -0.2) is 30.2 Å². The first-order valence-electron chi connectivity index (χ1n) is 4.85. The van der Waals surface area contributed by atoms with E-state index in [1.165, 1.54) is 0 Å². The van der Waals surface area contributed by atoms with Crippen molar-refractivity contribution < 1.29 is 10.0 Å². The maximum absolute atomic E-state index is 11.4. The third-order valence-electron chi connectivity index (χ3n) is 2.44. The Morgan fingerprint density at radius 3 is 2.62 bits per heavy atom. The highest BCUT2D eigenvalue weighted by Crippen LogP contribution is 2.16. The minimum Gasteiger partial charge on any atom is -0.409 e. The lowest BCUT2D eigenvalue weighted by molar-refractivity contribution is 0.252. The summed E-state index contributed by atoms with van der Waals surface area (Å²) in [5.74, 6) is 0.0532. The molecule has 0 aromatic heterocycles. The summed E-state index contributed by atoms with van der Waals surface area (Å²) in [4.78, 5) is 13.0. The van der Waals surface area contributed by atoms with Crippen molar-refractivity contribution in [2.75, 3.05) is 18.0 Å². The largest absolute Gasteiger partial charge is 0.409 e. The summed E-state index contributed by atoms with van der Waals surface area (Å²) in [6, 6.07) is 6.83. The summed E-state index contributed by atoms with van der Waals surface area (Å²) in [7, 11) is 0. The van der Waals surface area contributed by atoms with Gasteiger partial charge >= 0.3 is 6.03 Å². The van der Waals surface area contributed by atoms with Crippen LogP contribution in [0.2, 0.25) is 0 Å². The molecule has 0 atom stereocenters. The minimum atomic E-state index is -0.100. The molecular weight excluding hydrogens is 208 g/mol. The van der Waals surface area contributed by atoms with Crippen LogP contribution >= 0.6 is 0 Å². The fraction of sp³-hybridized carbons (Fsp3) is 0.200. The number of nitrogens with zero attached hydrogens (tertiary/aromatic N) is 2. The molecule has 1 aromatic carbocycles. The van der Waals surface area contributed by atoms with E-state index in [2.05, 4.69) is 10.5 Å². The van der Waals surface area contributed by atoms with E-state index in [1.54, 1.807) is 29.2 Å². The van der Waals surface area contributed by atoms with Crippen LogP contribution in [0.25, 0.3) is 0 Å². The summed E-state index contributed by atoms with van der Waals surface area (Å²) in [5, 5.41) is 14.1. The topological polar surface area (TPSA) is 90.9 Å². The molecule has 1 heterocycles. The summed E-state index contributed by atoms with van der Waals surface area (Å²) in [6.45, 7) is 1.31. The van der Waals surface area contributed by atoms with Crippen molar-refractivity contribution in [1.82, 2.24) is 5.32 Å². The first-order valence-corrected chi connectivity index (χ1v) is 4.85. The predicted molar refractivity (Wildman–Crippen MR) is 59.7 cm³/mol. The molecule has 1 saturated heterocycles. The Bertz CT molecular complexity index is 427. The second-order valence-corrected chi connectivity index (χ2v) is 3.42. The first kappa shape index (κ1) is 10.3. The molecule has 0 spiro atoms. The molecule has 1 aliphatic rings. The zero-order chi connectivity index (χ0) is 11.5. The average molecular weight is 220 g/mol. The molecule has 0 bridgehead atoms. The first-order chi connectivity index (χ1) is 7.72. The number of amides is 2. The summed E-state index contributed by atoms with van der Waals surface area (Å²) in [5.41, 5.74) is 6.84. The number of amidine groups is 1. The van der Waals surface area contributed by atoms with Crippen molar-refractivity contribution >= 4 is 17.6 Å². The van der Waals surface area contributed by atoms with Crippen LogP contribution in [0.5, 0.6) is 0 Å². The second kappa shape index (κ2) is 4.09. The van der Waals surface area contributed by atoms with Gasteiger partial charge in [0.15, 0.2) is 5.84 Å². The van der Waals surface area contributed by atoms with E-state index in [9.17, 15) is 4.79 Å². The zero-order valence-electron chi connectivity index (χ0n) is 8.55. The van der Waals surface area contributed by atoms with E-state index < -0.39 is 0 Å². The molecule has 0 unspecified atom stereocenters. The Hall–Kier alpha value is -2.24. The van der Waals surface area contributed by atoms with Crippen LogP contribution in [0.15, 0.2) is 29.4 Å². The van der Waals surface area contributed by atoms with Gasteiger partial charge in [-0.2, -0.15) is 0 Å². The summed E-state index contributed by atoms with van der Waals surface area (Å²) >= 11 is 0. The van der Waals surface area contributed by atoms with Crippen molar-refractivity contribution in [3.63, 3.8) is 0 Å². The predicted octanol–water partition coefficient (Wildman–Crippen LogP) is 0.311. The number of hydrogen-bond donors (Lipinski definition) is 3. The molecule has 1 aromatic rings. The zero-order valence-corrected chi connectivity index (χ0v) is 8.55. The molecule has 6 nitrogen and oxygen atoms in total. The van der Waals surface area contributed by atoms with Crippen molar-refractivity contribution in [2.45, 2.75) is 0 Å². The molecule has 6 heteroatoms. The van der Waals surface area contributed by atoms with Gasteiger partial charge < -0.3 is 16.3 Å². The molecule has 2 rings (SSSR count). The molecular formula is C10H12N4O2. The van der Waals surface area contributed by atoms with Crippen LogP contribution in [0.4, 0.5) is 10.5 Å². The van der Waals surface area contributed by atoms with Crippen LogP contribution in [0.3, 0.4) is 0 Å². The smallest absolute Gasteiger partial charge is 0.321 e. The van der Waals surface area contributed by atoms with Crippen LogP contribution in [-0.2, 0) is 0 Å². The van der Waals surface area contributed by atoms with Crippen molar-refractivity contribution in [1.29, 1.82) is 0 Å². The lowest BCUT2D eigenvalue weighted by Crippen LogP contribution is -2.27. The summed E-state index contributed by atoms with van der Waals surface area (Å²) < 4.78 is 0. The maximum Gasteiger partial charge on any atom is 0.321 e. The fourth-order valence-corrected chi connectivity index (χ4v) is 1.59. The Kier molecular flexibility index (Phi) is 2.63. The van der Waals surface area contributed by atoms with Gasteiger partial charge in [0.2, 0.25) is 0 Å². The van der Waals surface area contributed by atoms with E-state index in [0.29, 0.717) is 18.7 Å². The molecule has 1 aliphatic heterocycles. The number of carbonyl (C=O) groups excluding carboxylic acids is 1. The van der Waals surface area contributed by atoms with Crippen LogP contribution in [0, 0.1) is 0 Å². The summed E-state index contributed by atoms with van der Waals surface area (Å²) in [6.07, 6.45) is 0. The Morgan fingerprint density at radius 1 is 1.44 bits per heavy atom. The number of urea groups is 1. The van der Waals surface area contributed by atoms with E-state index >= 15 is 0 Å². The van der Waals surface area contributed by atoms with Gasteiger partial charge in [0.1, 0.15) is 0 Å².